The normalized spacial score (nSPS) is 25.9. The lowest BCUT2D eigenvalue weighted by molar-refractivity contribution is -0.143. The first-order valence-corrected chi connectivity index (χ1v) is 13.9. The molecule has 3 aliphatic rings. The van der Waals surface area contributed by atoms with E-state index in [1.54, 1.807) is 18.6 Å². The van der Waals surface area contributed by atoms with Gasteiger partial charge >= 0.3 is 5.97 Å². The van der Waals surface area contributed by atoms with Crippen LogP contribution in [-0.4, -0.2) is 56.8 Å². The number of benzene rings is 1. The number of para-hydroxylation sites is 2. The fourth-order valence-corrected chi connectivity index (χ4v) is 6.51. The Morgan fingerprint density at radius 3 is 2.77 bits per heavy atom. The van der Waals surface area contributed by atoms with Crippen LogP contribution in [0.15, 0.2) is 48.9 Å². The molecule has 2 aromatic heterocycles. The van der Waals surface area contributed by atoms with Crippen LogP contribution in [0.4, 0.5) is 17.6 Å². The largest absolute Gasteiger partial charge is 0.490 e. The van der Waals surface area contributed by atoms with E-state index in [0.29, 0.717) is 30.8 Å². The molecule has 5 atom stereocenters. The van der Waals surface area contributed by atoms with Crippen molar-refractivity contribution in [3.63, 3.8) is 0 Å². The molecule has 10 heteroatoms. The van der Waals surface area contributed by atoms with Crippen molar-refractivity contribution in [1.82, 2.24) is 19.9 Å². The number of nitrogens with zero attached hydrogens (tertiary/aromatic N) is 5. The molecule has 6 rings (SSSR count). The van der Waals surface area contributed by atoms with E-state index in [-0.39, 0.29) is 23.9 Å². The third-order valence-corrected chi connectivity index (χ3v) is 8.24. The van der Waals surface area contributed by atoms with Gasteiger partial charge in [0, 0.05) is 24.4 Å². The third kappa shape index (κ3) is 5.46. The lowest BCUT2D eigenvalue weighted by Gasteiger charge is -2.33. The van der Waals surface area contributed by atoms with Gasteiger partial charge in [-0.1, -0.05) is 12.1 Å². The van der Waals surface area contributed by atoms with E-state index in [1.807, 2.05) is 37.3 Å². The molecule has 2 saturated carbocycles. The van der Waals surface area contributed by atoms with Crippen LogP contribution in [0.5, 0.6) is 11.5 Å². The Morgan fingerprint density at radius 2 is 1.97 bits per heavy atom. The average molecular weight is 531 g/mol. The highest BCUT2D eigenvalue weighted by molar-refractivity contribution is 5.71. The number of piperidine rings is 1. The van der Waals surface area contributed by atoms with E-state index < -0.39 is 5.97 Å². The number of hydrogen-bond donors (Lipinski definition) is 2. The number of hydrogen-bond acceptors (Lipinski definition) is 9. The zero-order valence-electron chi connectivity index (χ0n) is 22.1. The van der Waals surface area contributed by atoms with Crippen molar-refractivity contribution >= 4 is 23.6 Å². The van der Waals surface area contributed by atoms with Gasteiger partial charge < -0.3 is 24.8 Å². The number of carboxylic acids is 1. The summed E-state index contributed by atoms with van der Waals surface area (Å²) in [5, 5.41) is 12.7. The second-order valence-electron chi connectivity index (χ2n) is 10.7. The van der Waals surface area contributed by atoms with Crippen LogP contribution in [0.3, 0.4) is 0 Å². The molecule has 5 unspecified atom stereocenters. The van der Waals surface area contributed by atoms with Crippen LogP contribution in [-0.2, 0) is 4.79 Å². The van der Waals surface area contributed by atoms with E-state index >= 15 is 0 Å². The highest BCUT2D eigenvalue weighted by Crippen LogP contribution is 2.55. The van der Waals surface area contributed by atoms with Crippen molar-refractivity contribution in [3.05, 3.63) is 54.6 Å². The van der Waals surface area contributed by atoms with Gasteiger partial charge in [-0.25, -0.2) is 15.0 Å². The first-order chi connectivity index (χ1) is 19.1. The quantitative estimate of drug-likeness (QED) is 0.403. The molecule has 1 saturated heterocycles. The maximum absolute atomic E-state index is 11.5. The molecule has 2 bridgehead atoms. The van der Waals surface area contributed by atoms with Gasteiger partial charge in [0.15, 0.2) is 17.3 Å². The van der Waals surface area contributed by atoms with E-state index in [9.17, 15) is 9.90 Å². The fourth-order valence-electron chi connectivity index (χ4n) is 6.51. The van der Waals surface area contributed by atoms with E-state index in [2.05, 4.69) is 20.2 Å². The maximum Gasteiger partial charge on any atom is 0.306 e. The van der Waals surface area contributed by atoms with E-state index in [0.717, 1.165) is 61.7 Å². The summed E-state index contributed by atoms with van der Waals surface area (Å²) in [6.45, 7) is 4.13. The van der Waals surface area contributed by atoms with Gasteiger partial charge in [-0.15, -0.1) is 0 Å². The molecule has 0 radical (unpaired) electrons. The van der Waals surface area contributed by atoms with Crippen LogP contribution >= 0.6 is 0 Å². The number of anilines is 3. The Labute approximate surface area is 227 Å². The monoisotopic (exact) mass is 530 g/mol. The van der Waals surface area contributed by atoms with Crippen molar-refractivity contribution in [1.29, 1.82) is 0 Å². The molecule has 3 aromatic rings. The summed E-state index contributed by atoms with van der Waals surface area (Å²) in [5.41, 5.74) is 0.969. The van der Waals surface area contributed by atoms with Gasteiger partial charge in [0.05, 0.1) is 31.5 Å². The summed E-state index contributed by atoms with van der Waals surface area (Å²) in [5.74, 6) is 3.39. The van der Waals surface area contributed by atoms with Gasteiger partial charge in [0.1, 0.15) is 11.9 Å². The number of nitrogens with one attached hydrogen (secondary N) is 1. The third-order valence-electron chi connectivity index (χ3n) is 8.24. The van der Waals surface area contributed by atoms with Crippen molar-refractivity contribution < 1.29 is 19.4 Å². The molecule has 204 valence electrons. The van der Waals surface area contributed by atoms with Crippen LogP contribution < -0.4 is 19.7 Å². The SMILES string of the molecule is CCOc1ccccc1OC1CCCN(c2cncc(Nc3nccc(C4CC5CC4CC5C(=O)O)n3)n2)C1. The summed E-state index contributed by atoms with van der Waals surface area (Å²) >= 11 is 0. The van der Waals surface area contributed by atoms with Gasteiger partial charge in [-0.3, -0.25) is 9.78 Å². The first kappa shape index (κ1) is 25.3. The molecule has 1 aromatic carbocycles. The summed E-state index contributed by atoms with van der Waals surface area (Å²) in [4.78, 5) is 32.1. The molecule has 10 nitrogen and oxygen atoms in total. The Kier molecular flexibility index (Phi) is 7.17. The van der Waals surface area contributed by atoms with Crippen molar-refractivity contribution in [3.8, 4) is 11.5 Å². The number of aromatic nitrogens is 4. The molecule has 1 aliphatic heterocycles. The minimum absolute atomic E-state index is 0.0151. The molecule has 39 heavy (non-hydrogen) atoms. The minimum atomic E-state index is -0.661. The Balaban J connectivity index is 1.11. The maximum atomic E-state index is 11.5. The molecule has 3 heterocycles. The number of carbonyl (C=O) groups is 1. The second-order valence-corrected chi connectivity index (χ2v) is 10.7. The molecule has 0 spiro atoms. The van der Waals surface area contributed by atoms with Crippen LogP contribution in [0.2, 0.25) is 0 Å². The van der Waals surface area contributed by atoms with E-state index in [4.69, 9.17) is 19.4 Å². The van der Waals surface area contributed by atoms with Crippen molar-refractivity contribution in [2.45, 2.75) is 51.0 Å². The van der Waals surface area contributed by atoms with Crippen LogP contribution in [0, 0.1) is 17.8 Å². The molecule has 3 fully saturated rings. The van der Waals surface area contributed by atoms with Crippen molar-refractivity contribution in [2.24, 2.45) is 17.8 Å². The molecule has 2 N–H and O–H groups in total. The minimum Gasteiger partial charge on any atom is -0.490 e. The molecule has 2 aliphatic carbocycles. The molecular weight excluding hydrogens is 496 g/mol. The number of rotatable bonds is 9. The summed E-state index contributed by atoms with van der Waals surface area (Å²) in [6, 6.07) is 9.74. The number of fused-ring (bicyclic) bond motifs is 2. The molecular formula is C29H34N6O4. The Hall–Kier alpha value is -3.95. The highest BCUT2D eigenvalue weighted by Gasteiger charge is 2.49. The van der Waals surface area contributed by atoms with Gasteiger partial charge in [0.2, 0.25) is 5.95 Å². The van der Waals surface area contributed by atoms with Gasteiger partial charge in [-0.05, 0) is 69.1 Å². The zero-order chi connectivity index (χ0) is 26.8. The second kappa shape index (κ2) is 11.0. The van der Waals surface area contributed by atoms with Gasteiger partial charge in [-0.2, -0.15) is 0 Å². The van der Waals surface area contributed by atoms with Gasteiger partial charge in [0.25, 0.3) is 0 Å². The Morgan fingerprint density at radius 1 is 1.10 bits per heavy atom. The molecule has 0 amide bonds. The first-order valence-electron chi connectivity index (χ1n) is 13.9. The smallest absolute Gasteiger partial charge is 0.306 e. The zero-order valence-corrected chi connectivity index (χ0v) is 22.1. The lowest BCUT2D eigenvalue weighted by atomic mass is 9.80. The van der Waals surface area contributed by atoms with Crippen LogP contribution in [0.25, 0.3) is 0 Å². The predicted octanol–water partition coefficient (Wildman–Crippen LogP) is 4.67. The number of carboxylic acid groups (broad SMARTS) is 1. The predicted molar refractivity (Wildman–Crippen MR) is 146 cm³/mol. The highest BCUT2D eigenvalue weighted by atomic mass is 16.5. The van der Waals surface area contributed by atoms with E-state index in [1.165, 1.54) is 0 Å². The Bertz CT molecular complexity index is 1320. The summed E-state index contributed by atoms with van der Waals surface area (Å²) < 4.78 is 12.1. The number of ether oxygens (including phenoxy) is 2. The summed E-state index contributed by atoms with van der Waals surface area (Å²) in [7, 11) is 0. The van der Waals surface area contributed by atoms with Crippen molar-refractivity contribution in [2.75, 3.05) is 29.9 Å². The number of aliphatic carboxylic acids is 1. The topological polar surface area (TPSA) is 123 Å². The lowest BCUT2D eigenvalue weighted by Crippen LogP contribution is -2.41. The van der Waals surface area contributed by atoms with Crippen LogP contribution in [0.1, 0.15) is 50.6 Å². The fraction of sp³-hybridized carbons (Fsp3) is 0.483. The standard InChI is InChI=1S/C29H34N6O4/c1-2-38-24-7-3-4-8-25(24)39-20-6-5-11-35(17-20)27-16-30-15-26(33-27)34-29-31-10-9-23(32-29)21-13-19-12-18(21)14-22(19)28(36)37/h3-4,7-10,15-16,18-22H,2,5-6,11-14,17H2,1H3,(H,36,37)(H,31,32,33,34). The summed E-state index contributed by atoms with van der Waals surface area (Å²) in [6.07, 6.45) is 9.74. The average Bonchev–Trinajstić information content (AvgIpc) is 3.57.